The molecule has 0 saturated carbocycles. The van der Waals surface area contributed by atoms with Gasteiger partial charge in [0.15, 0.2) is 0 Å². The third-order valence-electron chi connectivity index (χ3n) is 5.30. The topological polar surface area (TPSA) is 60.9 Å². The van der Waals surface area contributed by atoms with Crippen LogP contribution in [0.5, 0.6) is 0 Å². The predicted molar refractivity (Wildman–Crippen MR) is 104 cm³/mol. The highest BCUT2D eigenvalue weighted by Gasteiger charge is 2.35. The van der Waals surface area contributed by atoms with Crippen LogP contribution >= 0.6 is 15.9 Å². The number of nitrogens with zero attached hydrogens (tertiary/aromatic N) is 3. The highest BCUT2D eigenvalue weighted by molar-refractivity contribution is 9.10. The van der Waals surface area contributed by atoms with E-state index in [9.17, 15) is 13.2 Å². The summed E-state index contributed by atoms with van der Waals surface area (Å²) in [5.41, 5.74) is 0. The maximum atomic E-state index is 12.9. The van der Waals surface area contributed by atoms with Crippen LogP contribution in [0, 0.1) is 5.92 Å². The second kappa shape index (κ2) is 8.37. The molecule has 2 saturated heterocycles. The Morgan fingerprint density at radius 1 is 1.19 bits per heavy atom. The zero-order chi connectivity index (χ0) is 18.7. The van der Waals surface area contributed by atoms with E-state index in [1.54, 1.807) is 24.3 Å². The van der Waals surface area contributed by atoms with E-state index >= 15 is 0 Å². The first-order valence-corrected chi connectivity index (χ1v) is 11.4. The van der Waals surface area contributed by atoms with E-state index in [2.05, 4.69) is 27.8 Å². The molecule has 144 valence electrons. The number of benzene rings is 1. The Hall–Kier alpha value is -0.960. The Bertz CT molecular complexity index is 748. The number of amides is 1. The Morgan fingerprint density at radius 3 is 2.58 bits per heavy atom. The number of carbonyl (C=O) groups is 1. The lowest BCUT2D eigenvalue weighted by molar-refractivity contribution is -0.138. The smallest absolute Gasteiger partial charge is 0.243 e. The zero-order valence-corrected chi connectivity index (χ0v) is 17.5. The number of carbonyl (C=O) groups excluding carboxylic acids is 1. The number of likely N-dealkylation sites (N-methyl/N-ethyl adjacent to an activating group) is 1. The van der Waals surface area contributed by atoms with E-state index < -0.39 is 10.0 Å². The van der Waals surface area contributed by atoms with Crippen molar-refractivity contribution < 1.29 is 13.2 Å². The van der Waals surface area contributed by atoms with Gasteiger partial charge >= 0.3 is 0 Å². The first kappa shape index (κ1) is 19.8. The molecule has 3 rings (SSSR count). The molecule has 0 aliphatic carbocycles. The van der Waals surface area contributed by atoms with Crippen LogP contribution in [-0.4, -0.2) is 74.2 Å². The Kier molecular flexibility index (Phi) is 6.37. The zero-order valence-electron chi connectivity index (χ0n) is 15.1. The lowest BCUT2D eigenvalue weighted by atomic mass is 9.98. The summed E-state index contributed by atoms with van der Waals surface area (Å²) < 4.78 is 28.1. The van der Waals surface area contributed by atoms with E-state index in [1.165, 1.54) is 4.31 Å². The molecule has 2 aliphatic heterocycles. The molecule has 2 aliphatic rings. The fraction of sp³-hybridized carbons (Fsp3) is 0.611. The fourth-order valence-corrected chi connectivity index (χ4v) is 5.80. The van der Waals surface area contributed by atoms with Gasteiger partial charge in [-0.3, -0.25) is 4.79 Å². The van der Waals surface area contributed by atoms with Gasteiger partial charge in [0.05, 0.1) is 10.8 Å². The SMILES string of the molecule is CCN1CCN(C(=O)C2CCCN(S(=O)(=O)c3cccc(Br)c3)C2)CC1. The van der Waals surface area contributed by atoms with Crippen LogP contribution in [0.15, 0.2) is 33.6 Å². The summed E-state index contributed by atoms with van der Waals surface area (Å²) in [6.07, 6.45) is 1.48. The molecule has 1 unspecified atom stereocenters. The maximum absolute atomic E-state index is 12.9. The predicted octanol–water partition coefficient (Wildman–Crippen LogP) is 2.01. The van der Waals surface area contributed by atoms with Crippen LogP contribution in [0.25, 0.3) is 0 Å². The number of sulfonamides is 1. The van der Waals surface area contributed by atoms with E-state index in [0.29, 0.717) is 6.54 Å². The quantitative estimate of drug-likeness (QED) is 0.713. The third kappa shape index (κ3) is 4.30. The van der Waals surface area contributed by atoms with Gasteiger partial charge in [-0.25, -0.2) is 8.42 Å². The highest BCUT2D eigenvalue weighted by atomic mass is 79.9. The van der Waals surface area contributed by atoms with Crippen molar-refractivity contribution in [3.05, 3.63) is 28.7 Å². The molecule has 26 heavy (non-hydrogen) atoms. The second-order valence-corrected chi connectivity index (χ2v) is 9.77. The minimum atomic E-state index is -3.57. The second-order valence-electron chi connectivity index (χ2n) is 6.92. The summed E-state index contributed by atoms with van der Waals surface area (Å²) in [7, 11) is -3.57. The van der Waals surface area contributed by atoms with Crippen molar-refractivity contribution in [1.82, 2.24) is 14.1 Å². The monoisotopic (exact) mass is 443 g/mol. The summed E-state index contributed by atoms with van der Waals surface area (Å²) in [5, 5.41) is 0. The summed E-state index contributed by atoms with van der Waals surface area (Å²) >= 11 is 3.33. The minimum absolute atomic E-state index is 0.106. The molecule has 0 aromatic heterocycles. The molecule has 2 fully saturated rings. The molecule has 0 spiro atoms. The van der Waals surface area contributed by atoms with Crippen LogP contribution in [0.4, 0.5) is 0 Å². The number of hydrogen-bond donors (Lipinski definition) is 0. The molecule has 1 atom stereocenters. The molecule has 0 radical (unpaired) electrons. The van der Waals surface area contributed by atoms with Crippen LogP contribution in [0.2, 0.25) is 0 Å². The maximum Gasteiger partial charge on any atom is 0.243 e. The van der Waals surface area contributed by atoms with E-state index in [1.807, 2.05) is 4.90 Å². The van der Waals surface area contributed by atoms with Gasteiger partial charge in [-0.1, -0.05) is 28.9 Å². The van der Waals surface area contributed by atoms with Crippen LogP contribution in [0.1, 0.15) is 19.8 Å². The van der Waals surface area contributed by atoms with Crippen LogP contribution < -0.4 is 0 Å². The standard InChI is InChI=1S/C18H26BrN3O3S/c1-2-20-9-11-21(12-10-20)18(23)15-5-4-8-22(14-15)26(24,25)17-7-3-6-16(19)13-17/h3,6-7,13,15H,2,4-5,8-12,14H2,1H3. The highest BCUT2D eigenvalue weighted by Crippen LogP contribution is 2.26. The molecule has 2 heterocycles. The number of piperazine rings is 1. The number of hydrogen-bond acceptors (Lipinski definition) is 4. The summed E-state index contributed by atoms with van der Waals surface area (Å²) in [6, 6.07) is 6.74. The molecule has 0 N–H and O–H groups in total. The normalized spacial score (nSPS) is 23.2. The molecule has 1 aromatic rings. The summed E-state index contributed by atoms with van der Waals surface area (Å²) in [5.74, 6) is -0.131. The number of piperidine rings is 1. The average molecular weight is 444 g/mol. The van der Waals surface area contributed by atoms with Crippen LogP contribution in [-0.2, 0) is 14.8 Å². The van der Waals surface area contributed by atoms with Crippen molar-refractivity contribution in [2.75, 3.05) is 45.8 Å². The first-order chi connectivity index (χ1) is 12.4. The molecular weight excluding hydrogens is 418 g/mol. The summed E-state index contributed by atoms with van der Waals surface area (Å²) in [4.78, 5) is 17.4. The van der Waals surface area contributed by atoms with Gasteiger partial charge in [-0.05, 0) is 37.6 Å². The Labute approximate surface area is 164 Å². The molecule has 6 nitrogen and oxygen atoms in total. The van der Waals surface area contributed by atoms with Gasteiger partial charge in [0.1, 0.15) is 0 Å². The number of halogens is 1. The summed E-state index contributed by atoms with van der Waals surface area (Å²) in [6.45, 7) is 7.16. The molecule has 1 amide bonds. The fourth-order valence-electron chi connectivity index (χ4n) is 3.68. The molecular formula is C18H26BrN3O3S. The van der Waals surface area contributed by atoms with Gasteiger partial charge in [0, 0.05) is 43.7 Å². The minimum Gasteiger partial charge on any atom is -0.340 e. The van der Waals surface area contributed by atoms with Gasteiger partial charge in [0.25, 0.3) is 0 Å². The van der Waals surface area contributed by atoms with Crippen LogP contribution in [0.3, 0.4) is 0 Å². The third-order valence-corrected chi connectivity index (χ3v) is 7.65. The lowest BCUT2D eigenvalue weighted by Gasteiger charge is -2.38. The van der Waals surface area contributed by atoms with Gasteiger partial charge in [0.2, 0.25) is 15.9 Å². The van der Waals surface area contributed by atoms with Crippen molar-refractivity contribution in [3.8, 4) is 0 Å². The van der Waals surface area contributed by atoms with Crippen molar-refractivity contribution >= 4 is 31.9 Å². The lowest BCUT2D eigenvalue weighted by Crippen LogP contribution is -2.52. The van der Waals surface area contributed by atoms with E-state index in [4.69, 9.17) is 0 Å². The molecule has 1 aromatic carbocycles. The average Bonchev–Trinajstić information content (AvgIpc) is 2.67. The van der Waals surface area contributed by atoms with Crippen molar-refractivity contribution in [2.24, 2.45) is 5.92 Å². The first-order valence-electron chi connectivity index (χ1n) is 9.18. The van der Waals surface area contributed by atoms with Crippen molar-refractivity contribution in [1.29, 1.82) is 0 Å². The number of rotatable bonds is 4. The van der Waals surface area contributed by atoms with E-state index in [0.717, 1.165) is 50.0 Å². The molecule has 0 bridgehead atoms. The van der Waals surface area contributed by atoms with Gasteiger partial charge < -0.3 is 9.80 Å². The van der Waals surface area contributed by atoms with Gasteiger partial charge in [-0.2, -0.15) is 4.31 Å². The van der Waals surface area contributed by atoms with Gasteiger partial charge in [-0.15, -0.1) is 0 Å². The molecule has 8 heteroatoms. The Morgan fingerprint density at radius 2 is 1.92 bits per heavy atom. The van der Waals surface area contributed by atoms with Crippen molar-refractivity contribution in [2.45, 2.75) is 24.7 Å². The largest absolute Gasteiger partial charge is 0.340 e. The Balaban J connectivity index is 1.68. The van der Waals surface area contributed by atoms with Crippen molar-refractivity contribution in [3.63, 3.8) is 0 Å². The van der Waals surface area contributed by atoms with E-state index in [-0.39, 0.29) is 23.3 Å².